The van der Waals surface area contributed by atoms with Crippen molar-refractivity contribution in [3.05, 3.63) is 65.0 Å². The van der Waals surface area contributed by atoms with Gasteiger partial charge < -0.3 is 4.57 Å². The molecule has 132 valence electrons. The Morgan fingerprint density at radius 3 is 2.69 bits per heavy atom. The molecule has 9 heteroatoms. The zero-order valence-electron chi connectivity index (χ0n) is 13.9. The highest BCUT2D eigenvalue weighted by molar-refractivity contribution is 7.99. The van der Waals surface area contributed by atoms with Crippen LogP contribution in [0, 0.1) is 5.82 Å². The third kappa shape index (κ3) is 3.01. The van der Waals surface area contributed by atoms with Crippen LogP contribution in [-0.2, 0) is 13.6 Å². The fourth-order valence-corrected chi connectivity index (χ4v) is 3.45. The quantitative estimate of drug-likeness (QED) is 0.504. The lowest BCUT2D eigenvalue weighted by molar-refractivity contribution is 0.628. The van der Waals surface area contributed by atoms with E-state index in [0.29, 0.717) is 23.8 Å². The molecule has 1 aromatic carbocycles. The third-order valence-corrected chi connectivity index (χ3v) is 4.96. The van der Waals surface area contributed by atoms with E-state index in [9.17, 15) is 9.18 Å². The average molecular weight is 370 g/mol. The average Bonchev–Trinajstić information content (AvgIpc) is 3.17. The Hall–Kier alpha value is -2.94. The van der Waals surface area contributed by atoms with Gasteiger partial charge in [-0.3, -0.25) is 4.40 Å². The first-order valence-electron chi connectivity index (χ1n) is 7.96. The van der Waals surface area contributed by atoms with Gasteiger partial charge in [0, 0.05) is 24.6 Å². The maximum Gasteiger partial charge on any atom is 0.350 e. The molecule has 3 heterocycles. The maximum atomic E-state index is 13.1. The van der Waals surface area contributed by atoms with Gasteiger partial charge in [-0.15, -0.1) is 15.3 Å². The summed E-state index contributed by atoms with van der Waals surface area (Å²) in [5, 5.41) is 13.4. The van der Waals surface area contributed by atoms with Gasteiger partial charge in [0.25, 0.3) is 0 Å². The summed E-state index contributed by atoms with van der Waals surface area (Å²) in [6, 6.07) is 11.6. The molecule has 0 amide bonds. The lowest BCUT2D eigenvalue weighted by atomic mass is 10.2. The van der Waals surface area contributed by atoms with E-state index in [2.05, 4.69) is 15.3 Å². The van der Waals surface area contributed by atoms with Crippen LogP contribution in [0.3, 0.4) is 0 Å². The SMILES string of the molecule is Cn1c(SCCn2nc3ccccn3c2=O)nnc1-c1ccc(F)cc1. The summed E-state index contributed by atoms with van der Waals surface area (Å²) in [6.07, 6.45) is 1.70. The summed E-state index contributed by atoms with van der Waals surface area (Å²) in [6.45, 7) is 0.462. The molecule has 0 saturated heterocycles. The molecule has 0 atom stereocenters. The zero-order valence-corrected chi connectivity index (χ0v) is 14.7. The number of aromatic nitrogens is 6. The second-order valence-corrected chi connectivity index (χ2v) is 6.72. The standard InChI is InChI=1S/C17H15FN6OS/c1-22-15(12-5-7-13(18)8-6-12)19-20-16(22)26-11-10-24-17(25)23-9-3-2-4-14(23)21-24/h2-9H,10-11H2,1H3. The number of nitrogens with zero attached hydrogens (tertiary/aromatic N) is 6. The molecule has 0 aliphatic heterocycles. The Bertz CT molecular complexity index is 1110. The van der Waals surface area contributed by atoms with Crippen LogP contribution in [-0.4, -0.2) is 34.7 Å². The van der Waals surface area contributed by atoms with E-state index in [0.717, 1.165) is 10.7 Å². The highest BCUT2D eigenvalue weighted by Gasteiger charge is 2.12. The van der Waals surface area contributed by atoms with Gasteiger partial charge in [0.15, 0.2) is 16.6 Å². The monoisotopic (exact) mass is 370 g/mol. The minimum absolute atomic E-state index is 0.161. The minimum atomic E-state index is -0.289. The van der Waals surface area contributed by atoms with E-state index >= 15 is 0 Å². The van der Waals surface area contributed by atoms with Gasteiger partial charge in [0.2, 0.25) is 0 Å². The molecule has 0 aliphatic carbocycles. The molecule has 0 N–H and O–H groups in total. The summed E-state index contributed by atoms with van der Waals surface area (Å²) < 4.78 is 17.9. The molecule has 3 aromatic heterocycles. The molecular weight excluding hydrogens is 355 g/mol. The number of fused-ring (bicyclic) bond motifs is 1. The van der Waals surface area contributed by atoms with Crippen LogP contribution in [0.15, 0.2) is 58.6 Å². The molecule has 7 nitrogen and oxygen atoms in total. The van der Waals surface area contributed by atoms with Gasteiger partial charge in [-0.1, -0.05) is 17.8 Å². The molecule has 0 spiro atoms. The second kappa shape index (κ2) is 6.75. The van der Waals surface area contributed by atoms with E-state index < -0.39 is 0 Å². The normalized spacial score (nSPS) is 11.3. The molecule has 4 rings (SSSR count). The molecule has 26 heavy (non-hydrogen) atoms. The molecule has 0 fully saturated rings. The van der Waals surface area contributed by atoms with Crippen LogP contribution in [0.5, 0.6) is 0 Å². The van der Waals surface area contributed by atoms with E-state index in [1.807, 2.05) is 17.7 Å². The van der Waals surface area contributed by atoms with Crippen LogP contribution < -0.4 is 5.69 Å². The van der Waals surface area contributed by atoms with Crippen molar-refractivity contribution in [1.82, 2.24) is 28.9 Å². The Morgan fingerprint density at radius 1 is 1.12 bits per heavy atom. The molecule has 0 unspecified atom stereocenters. The Kier molecular flexibility index (Phi) is 4.29. The summed E-state index contributed by atoms with van der Waals surface area (Å²) >= 11 is 1.49. The Labute approximate surface area is 152 Å². The topological polar surface area (TPSA) is 70.0 Å². The largest absolute Gasteiger partial charge is 0.350 e. The van der Waals surface area contributed by atoms with Crippen molar-refractivity contribution in [2.75, 3.05) is 5.75 Å². The number of benzene rings is 1. The molecule has 0 radical (unpaired) electrons. The fraction of sp³-hybridized carbons (Fsp3) is 0.176. The summed E-state index contributed by atoms with van der Waals surface area (Å²) in [4.78, 5) is 12.2. The first-order valence-corrected chi connectivity index (χ1v) is 8.94. The predicted molar refractivity (Wildman–Crippen MR) is 96.6 cm³/mol. The van der Waals surface area contributed by atoms with Crippen molar-refractivity contribution in [3.63, 3.8) is 0 Å². The lowest BCUT2D eigenvalue weighted by Crippen LogP contribution is -2.22. The Morgan fingerprint density at radius 2 is 1.92 bits per heavy atom. The third-order valence-electron chi connectivity index (χ3n) is 3.96. The number of thioether (sulfide) groups is 1. The maximum absolute atomic E-state index is 13.1. The number of rotatable bonds is 5. The Balaban J connectivity index is 1.47. The van der Waals surface area contributed by atoms with Crippen LogP contribution >= 0.6 is 11.8 Å². The van der Waals surface area contributed by atoms with Crippen LogP contribution in [0.4, 0.5) is 4.39 Å². The van der Waals surface area contributed by atoms with Gasteiger partial charge in [0.05, 0.1) is 6.54 Å². The second-order valence-electron chi connectivity index (χ2n) is 5.66. The van der Waals surface area contributed by atoms with E-state index in [1.54, 1.807) is 30.5 Å². The number of halogens is 1. The number of pyridine rings is 1. The smallest absolute Gasteiger partial charge is 0.305 e. The predicted octanol–water partition coefficient (Wildman–Crippen LogP) is 2.22. The van der Waals surface area contributed by atoms with Gasteiger partial charge in [-0.05, 0) is 36.4 Å². The number of aryl methyl sites for hydroxylation is 1. The van der Waals surface area contributed by atoms with Gasteiger partial charge in [-0.25, -0.2) is 13.9 Å². The van der Waals surface area contributed by atoms with Crippen molar-refractivity contribution in [2.24, 2.45) is 7.05 Å². The van der Waals surface area contributed by atoms with Crippen LogP contribution in [0.25, 0.3) is 17.0 Å². The van der Waals surface area contributed by atoms with Crippen molar-refractivity contribution >= 4 is 17.4 Å². The highest BCUT2D eigenvalue weighted by Crippen LogP contribution is 2.22. The van der Waals surface area contributed by atoms with Crippen LogP contribution in [0.2, 0.25) is 0 Å². The van der Waals surface area contributed by atoms with Gasteiger partial charge >= 0.3 is 5.69 Å². The highest BCUT2D eigenvalue weighted by atomic mass is 32.2. The summed E-state index contributed by atoms with van der Waals surface area (Å²) in [5.74, 6) is 1.000. The van der Waals surface area contributed by atoms with E-state index in [1.165, 1.54) is 33.0 Å². The van der Waals surface area contributed by atoms with E-state index in [4.69, 9.17) is 0 Å². The van der Waals surface area contributed by atoms with Gasteiger partial charge in [0.1, 0.15) is 5.82 Å². The molecule has 0 aliphatic rings. The summed E-state index contributed by atoms with van der Waals surface area (Å²) in [7, 11) is 1.86. The molecule has 0 bridgehead atoms. The molecular formula is C17H15FN6OS. The van der Waals surface area contributed by atoms with Crippen molar-refractivity contribution in [2.45, 2.75) is 11.7 Å². The van der Waals surface area contributed by atoms with Crippen LogP contribution in [0.1, 0.15) is 0 Å². The minimum Gasteiger partial charge on any atom is -0.305 e. The van der Waals surface area contributed by atoms with Crippen molar-refractivity contribution < 1.29 is 4.39 Å². The lowest BCUT2D eigenvalue weighted by Gasteiger charge is -2.04. The number of hydrogen-bond donors (Lipinski definition) is 0. The fourth-order valence-electron chi connectivity index (χ4n) is 2.63. The van der Waals surface area contributed by atoms with Gasteiger partial charge in [-0.2, -0.15) is 0 Å². The zero-order chi connectivity index (χ0) is 18.1. The summed E-state index contributed by atoms with van der Waals surface area (Å²) in [5.41, 5.74) is 1.26. The first kappa shape index (κ1) is 16.5. The van der Waals surface area contributed by atoms with Crippen molar-refractivity contribution in [1.29, 1.82) is 0 Å². The molecule has 0 saturated carbocycles. The van der Waals surface area contributed by atoms with E-state index in [-0.39, 0.29) is 11.5 Å². The number of hydrogen-bond acceptors (Lipinski definition) is 5. The molecule has 4 aromatic rings. The first-order chi connectivity index (χ1) is 12.6. The van der Waals surface area contributed by atoms with Crippen molar-refractivity contribution in [3.8, 4) is 11.4 Å².